The summed E-state index contributed by atoms with van der Waals surface area (Å²) in [5.41, 5.74) is 1.76. The quantitative estimate of drug-likeness (QED) is 0.661. The molecule has 0 radical (unpaired) electrons. The van der Waals surface area contributed by atoms with Gasteiger partial charge in [-0.25, -0.2) is 9.78 Å². The lowest BCUT2D eigenvalue weighted by atomic mass is 9.84. The topological polar surface area (TPSA) is 109 Å². The Kier molecular flexibility index (Phi) is 3.91. The fourth-order valence-electron chi connectivity index (χ4n) is 2.49. The number of Topliss-reactive ketones (excluding diaryl/α,β-unsaturated/α-hetero) is 2. The lowest BCUT2D eigenvalue weighted by Crippen LogP contribution is -2.28. The van der Waals surface area contributed by atoms with Crippen LogP contribution in [-0.4, -0.2) is 32.7 Å². The highest BCUT2D eigenvalue weighted by molar-refractivity contribution is 7.17. The number of carboxylic acid groups (broad SMARTS) is 1. The Hall–Kier alpha value is -2.61. The molecule has 1 aliphatic carbocycles. The molecule has 2 heterocycles. The van der Waals surface area contributed by atoms with E-state index in [1.165, 1.54) is 6.20 Å². The van der Waals surface area contributed by atoms with E-state index in [0.717, 1.165) is 17.0 Å². The van der Waals surface area contributed by atoms with E-state index in [1.807, 2.05) is 6.92 Å². The minimum atomic E-state index is -1.23. The Labute approximate surface area is 135 Å². The largest absolute Gasteiger partial charge is 0.465 e. The smallest absolute Gasteiger partial charge is 0.410 e. The molecule has 3 rings (SSSR count). The predicted octanol–water partition coefficient (Wildman–Crippen LogP) is 2.56. The number of nitrogens with zero attached hydrogens (tertiary/aromatic N) is 2. The molecule has 1 unspecified atom stereocenters. The Morgan fingerprint density at radius 1 is 1.39 bits per heavy atom. The van der Waals surface area contributed by atoms with Gasteiger partial charge in [0, 0.05) is 17.5 Å². The first-order chi connectivity index (χ1) is 11.0. The normalized spacial score (nSPS) is 16.7. The summed E-state index contributed by atoms with van der Waals surface area (Å²) < 4.78 is 0. The summed E-state index contributed by atoms with van der Waals surface area (Å²) in [5.74, 6) is -1.31. The predicted molar refractivity (Wildman–Crippen MR) is 83.2 cm³/mol. The second kappa shape index (κ2) is 5.88. The van der Waals surface area contributed by atoms with Crippen LogP contribution < -0.4 is 5.32 Å². The number of nitrogens with one attached hydrogen (secondary N) is 1. The van der Waals surface area contributed by atoms with Crippen LogP contribution >= 0.6 is 11.3 Å². The molecule has 1 aliphatic rings. The third-order valence-electron chi connectivity index (χ3n) is 3.63. The van der Waals surface area contributed by atoms with Crippen molar-refractivity contribution in [3.8, 4) is 0 Å². The van der Waals surface area contributed by atoms with Crippen LogP contribution in [0.4, 0.5) is 9.93 Å². The van der Waals surface area contributed by atoms with Crippen molar-refractivity contribution < 1.29 is 19.5 Å². The first kappa shape index (κ1) is 15.3. The lowest BCUT2D eigenvalue weighted by Gasteiger charge is -2.18. The molecule has 23 heavy (non-hydrogen) atoms. The molecule has 0 spiro atoms. The Balaban J connectivity index is 1.85. The van der Waals surface area contributed by atoms with Crippen molar-refractivity contribution in [3.05, 3.63) is 40.2 Å². The van der Waals surface area contributed by atoms with Gasteiger partial charge in [-0.3, -0.25) is 19.9 Å². The van der Waals surface area contributed by atoms with Crippen LogP contribution in [0.1, 0.15) is 37.8 Å². The summed E-state index contributed by atoms with van der Waals surface area (Å²) in [6.07, 6.45) is 1.08. The van der Waals surface area contributed by atoms with Crippen LogP contribution in [0.25, 0.3) is 0 Å². The van der Waals surface area contributed by atoms with E-state index in [2.05, 4.69) is 15.3 Å². The monoisotopic (exact) mass is 331 g/mol. The number of ketones is 2. The number of aryl methyl sites for hydroxylation is 2. The third-order valence-corrected chi connectivity index (χ3v) is 4.66. The number of aromatic nitrogens is 2. The molecular weight excluding hydrogens is 318 g/mol. The summed E-state index contributed by atoms with van der Waals surface area (Å²) in [6.45, 7) is 1.82. The summed E-state index contributed by atoms with van der Waals surface area (Å²) in [5, 5.41) is 11.0. The van der Waals surface area contributed by atoms with E-state index in [9.17, 15) is 14.4 Å². The fourth-order valence-corrected chi connectivity index (χ4v) is 3.49. The van der Waals surface area contributed by atoms with Crippen molar-refractivity contribution in [1.82, 2.24) is 9.97 Å². The zero-order valence-corrected chi connectivity index (χ0v) is 13.0. The van der Waals surface area contributed by atoms with Crippen LogP contribution in [-0.2, 0) is 6.42 Å². The van der Waals surface area contributed by atoms with E-state index in [4.69, 9.17) is 5.11 Å². The maximum atomic E-state index is 12.6. The molecule has 2 aromatic rings. The second-order valence-electron chi connectivity index (χ2n) is 5.23. The van der Waals surface area contributed by atoms with Gasteiger partial charge in [-0.1, -0.05) is 11.3 Å². The van der Waals surface area contributed by atoms with E-state index in [-0.39, 0.29) is 16.7 Å². The van der Waals surface area contributed by atoms with Gasteiger partial charge >= 0.3 is 6.09 Å². The van der Waals surface area contributed by atoms with Gasteiger partial charge in [0.1, 0.15) is 0 Å². The van der Waals surface area contributed by atoms with Crippen molar-refractivity contribution in [1.29, 1.82) is 0 Å². The molecular formula is C15H13N3O4S. The minimum Gasteiger partial charge on any atom is -0.465 e. The highest BCUT2D eigenvalue weighted by Crippen LogP contribution is 2.33. The lowest BCUT2D eigenvalue weighted by molar-refractivity contribution is 0.0792. The first-order valence-corrected chi connectivity index (χ1v) is 7.78. The maximum absolute atomic E-state index is 12.6. The summed E-state index contributed by atoms with van der Waals surface area (Å²) in [4.78, 5) is 44.3. The molecule has 1 amide bonds. The number of carbonyl (C=O) groups is 3. The SMILES string of the molecule is Cc1ccc(C(=O)C2CCc3nc(NC(=O)O)sc3C2=O)cn1. The standard InChI is InChI=1S/C15H13N3O4S/c1-7-2-3-8(6-16-7)11(19)9-4-5-10-13(12(9)20)23-14(17-10)18-15(21)22/h2-3,6,9H,4-5H2,1H3,(H,17,18)(H,21,22). The highest BCUT2D eigenvalue weighted by atomic mass is 32.1. The summed E-state index contributed by atoms with van der Waals surface area (Å²) in [6, 6.07) is 3.39. The Bertz CT molecular complexity index is 798. The molecule has 7 nitrogen and oxygen atoms in total. The number of hydrogen-bond donors (Lipinski definition) is 2. The number of thiazole rings is 1. The second-order valence-corrected chi connectivity index (χ2v) is 6.23. The van der Waals surface area contributed by atoms with Crippen LogP contribution in [0.2, 0.25) is 0 Å². The van der Waals surface area contributed by atoms with Gasteiger partial charge < -0.3 is 5.11 Å². The highest BCUT2D eigenvalue weighted by Gasteiger charge is 2.36. The number of anilines is 1. The average molecular weight is 331 g/mol. The van der Waals surface area contributed by atoms with Crippen molar-refractivity contribution in [3.63, 3.8) is 0 Å². The van der Waals surface area contributed by atoms with Crippen LogP contribution in [0.3, 0.4) is 0 Å². The molecule has 0 bridgehead atoms. The molecule has 1 atom stereocenters. The Morgan fingerprint density at radius 3 is 2.83 bits per heavy atom. The van der Waals surface area contributed by atoms with Crippen LogP contribution in [0.15, 0.2) is 18.3 Å². The number of amides is 1. The van der Waals surface area contributed by atoms with Gasteiger partial charge in [-0.05, 0) is 31.9 Å². The van der Waals surface area contributed by atoms with Crippen molar-refractivity contribution >= 4 is 34.1 Å². The molecule has 118 valence electrons. The molecule has 8 heteroatoms. The third kappa shape index (κ3) is 2.98. The molecule has 0 aliphatic heterocycles. The molecule has 0 aromatic carbocycles. The molecule has 0 saturated carbocycles. The number of hydrogen-bond acceptors (Lipinski definition) is 6. The molecule has 2 aromatic heterocycles. The van der Waals surface area contributed by atoms with Crippen molar-refractivity contribution in [2.75, 3.05) is 5.32 Å². The van der Waals surface area contributed by atoms with E-state index < -0.39 is 12.0 Å². The van der Waals surface area contributed by atoms with Gasteiger partial charge in [0.05, 0.1) is 16.5 Å². The van der Waals surface area contributed by atoms with Gasteiger partial charge in [0.25, 0.3) is 0 Å². The van der Waals surface area contributed by atoms with E-state index >= 15 is 0 Å². The van der Waals surface area contributed by atoms with Crippen molar-refractivity contribution in [2.24, 2.45) is 5.92 Å². The fraction of sp³-hybridized carbons (Fsp3) is 0.267. The van der Waals surface area contributed by atoms with Gasteiger partial charge in [-0.2, -0.15) is 0 Å². The van der Waals surface area contributed by atoms with Gasteiger partial charge in [0.2, 0.25) is 0 Å². The van der Waals surface area contributed by atoms with Crippen molar-refractivity contribution in [2.45, 2.75) is 19.8 Å². The number of carbonyl (C=O) groups excluding carboxylic acids is 2. The van der Waals surface area contributed by atoms with E-state index in [1.54, 1.807) is 12.1 Å². The number of rotatable bonds is 3. The number of fused-ring (bicyclic) bond motifs is 1. The molecule has 2 N–H and O–H groups in total. The Morgan fingerprint density at radius 2 is 2.17 bits per heavy atom. The zero-order chi connectivity index (χ0) is 16.6. The molecule has 0 fully saturated rings. The summed E-state index contributed by atoms with van der Waals surface area (Å²) in [7, 11) is 0. The number of pyridine rings is 1. The van der Waals surface area contributed by atoms with E-state index in [0.29, 0.717) is 29.0 Å². The average Bonchev–Trinajstić information content (AvgIpc) is 2.90. The van der Waals surface area contributed by atoms with Gasteiger partial charge in [0.15, 0.2) is 16.7 Å². The molecule has 0 saturated heterocycles. The first-order valence-electron chi connectivity index (χ1n) is 6.96. The zero-order valence-electron chi connectivity index (χ0n) is 12.2. The van der Waals surface area contributed by atoms with Gasteiger partial charge in [-0.15, -0.1) is 0 Å². The maximum Gasteiger partial charge on any atom is 0.410 e. The van der Waals surface area contributed by atoms with Crippen LogP contribution in [0.5, 0.6) is 0 Å². The summed E-state index contributed by atoms with van der Waals surface area (Å²) >= 11 is 0.970. The minimum absolute atomic E-state index is 0.154. The van der Waals surface area contributed by atoms with Crippen LogP contribution in [0, 0.1) is 12.8 Å².